The van der Waals surface area contributed by atoms with Crippen molar-refractivity contribution in [3.05, 3.63) is 0 Å². The van der Waals surface area contributed by atoms with Gasteiger partial charge in [-0.3, -0.25) is 4.90 Å². The number of rotatable bonds is 8. The minimum absolute atomic E-state index is 0.486. The monoisotopic (exact) mass is 255 g/mol. The van der Waals surface area contributed by atoms with Crippen LogP contribution in [0.4, 0.5) is 0 Å². The number of nitrogens with zero attached hydrogens (tertiary/aromatic N) is 2. The number of nitrogens with one attached hydrogen (secondary N) is 1. The third kappa shape index (κ3) is 4.84. The second-order valence-electron chi connectivity index (χ2n) is 5.54. The van der Waals surface area contributed by atoms with E-state index in [0.717, 1.165) is 26.2 Å². The Morgan fingerprint density at radius 1 is 1.00 bits per heavy atom. The molecule has 2 aliphatic heterocycles. The molecule has 2 saturated heterocycles. The zero-order valence-electron chi connectivity index (χ0n) is 11.9. The number of hydrogen-bond acceptors (Lipinski definition) is 4. The van der Waals surface area contributed by atoms with E-state index in [2.05, 4.69) is 22.0 Å². The zero-order valence-corrected chi connectivity index (χ0v) is 11.9. The van der Waals surface area contributed by atoms with Gasteiger partial charge in [-0.15, -0.1) is 0 Å². The first-order chi connectivity index (χ1) is 8.88. The first kappa shape index (κ1) is 14.3. The lowest BCUT2D eigenvalue weighted by Crippen LogP contribution is -2.50. The van der Waals surface area contributed by atoms with Crippen LogP contribution in [0, 0.1) is 0 Å². The van der Waals surface area contributed by atoms with Gasteiger partial charge in [0.1, 0.15) is 0 Å². The molecule has 0 radical (unpaired) electrons. The number of hydrogen-bond donors (Lipinski definition) is 1. The van der Waals surface area contributed by atoms with E-state index in [4.69, 9.17) is 4.74 Å². The molecule has 0 spiro atoms. The SMILES string of the molecule is CCCCCN1CCN(CCOC2CNC2)CC1. The van der Waals surface area contributed by atoms with Crippen molar-refractivity contribution in [2.24, 2.45) is 0 Å². The molecule has 0 aliphatic carbocycles. The summed E-state index contributed by atoms with van der Waals surface area (Å²) in [5.74, 6) is 0. The first-order valence-corrected chi connectivity index (χ1v) is 7.65. The van der Waals surface area contributed by atoms with Crippen LogP contribution in [0.1, 0.15) is 26.2 Å². The van der Waals surface area contributed by atoms with Crippen LogP contribution in [0.25, 0.3) is 0 Å². The van der Waals surface area contributed by atoms with E-state index >= 15 is 0 Å². The van der Waals surface area contributed by atoms with Crippen LogP contribution in [-0.2, 0) is 4.74 Å². The minimum atomic E-state index is 0.486. The van der Waals surface area contributed by atoms with Crippen molar-refractivity contribution < 1.29 is 4.74 Å². The van der Waals surface area contributed by atoms with E-state index in [1.54, 1.807) is 0 Å². The molecular weight excluding hydrogens is 226 g/mol. The van der Waals surface area contributed by atoms with Gasteiger partial charge in [0.2, 0.25) is 0 Å². The molecule has 4 heteroatoms. The van der Waals surface area contributed by atoms with E-state index in [0.29, 0.717) is 6.10 Å². The minimum Gasteiger partial charge on any atom is -0.374 e. The van der Waals surface area contributed by atoms with Gasteiger partial charge in [-0.05, 0) is 13.0 Å². The Labute approximate surface area is 112 Å². The molecule has 0 aromatic rings. The maximum absolute atomic E-state index is 5.77. The fourth-order valence-electron chi connectivity index (χ4n) is 2.55. The summed E-state index contributed by atoms with van der Waals surface area (Å²) < 4.78 is 5.77. The fourth-order valence-corrected chi connectivity index (χ4v) is 2.55. The van der Waals surface area contributed by atoms with Gasteiger partial charge in [-0.25, -0.2) is 0 Å². The molecule has 2 aliphatic rings. The molecule has 0 atom stereocenters. The summed E-state index contributed by atoms with van der Waals surface area (Å²) in [7, 11) is 0. The highest BCUT2D eigenvalue weighted by Crippen LogP contribution is 2.05. The normalized spacial score (nSPS) is 23.2. The van der Waals surface area contributed by atoms with Crippen LogP contribution in [0.2, 0.25) is 0 Å². The Morgan fingerprint density at radius 3 is 2.22 bits per heavy atom. The summed E-state index contributed by atoms with van der Waals surface area (Å²) in [6.07, 6.45) is 4.56. The molecule has 0 unspecified atom stereocenters. The van der Waals surface area contributed by atoms with Crippen LogP contribution in [-0.4, -0.2) is 74.9 Å². The molecule has 1 N–H and O–H groups in total. The van der Waals surface area contributed by atoms with Crippen molar-refractivity contribution >= 4 is 0 Å². The summed E-state index contributed by atoms with van der Waals surface area (Å²) in [5, 5.41) is 3.23. The van der Waals surface area contributed by atoms with Crippen LogP contribution in [0.15, 0.2) is 0 Å². The van der Waals surface area contributed by atoms with Crippen LogP contribution >= 0.6 is 0 Å². The zero-order chi connectivity index (χ0) is 12.6. The van der Waals surface area contributed by atoms with E-state index in [1.807, 2.05) is 0 Å². The highest BCUT2D eigenvalue weighted by molar-refractivity contribution is 4.76. The smallest absolute Gasteiger partial charge is 0.0824 e. The summed E-state index contributed by atoms with van der Waals surface area (Å²) in [5.41, 5.74) is 0. The number of ether oxygens (including phenoxy) is 1. The van der Waals surface area contributed by atoms with E-state index in [1.165, 1.54) is 52.0 Å². The average molecular weight is 255 g/mol. The Bertz CT molecular complexity index is 213. The van der Waals surface area contributed by atoms with Crippen molar-refractivity contribution in [2.45, 2.75) is 32.3 Å². The third-order valence-electron chi connectivity index (χ3n) is 4.05. The van der Waals surface area contributed by atoms with Gasteiger partial charge in [0.15, 0.2) is 0 Å². The predicted molar refractivity (Wildman–Crippen MR) is 75.0 cm³/mol. The topological polar surface area (TPSA) is 27.7 Å². The van der Waals surface area contributed by atoms with Gasteiger partial charge in [-0.2, -0.15) is 0 Å². The van der Waals surface area contributed by atoms with Crippen LogP contribution < -0.4 is 5.32 Å². The third-order valence-corrected chi connectivity index (χ3v) is 4.05. The van der Waals surface area contributed by atoms with Crippen molar-refractivity contribution in [1.82, 2.24) is 15.1 Å². The Balaban J connectivity index is 1.47. The molecular formula is C14H29N3O. The maximum atomic E-state index is 5.77. The molecule has 0 saturated carbocycles. The molecule has 2 rings (SSSR count). The average Bonchev–Trinajstić information content (AvgIpc) is 2.34. The molecule has 2 fully saturated rings. The number of piperazine rings is 1. The molecule has 4 nitrogen and oxygen atoms in total. The maximum Gasteiger partial charge on any atom is 0.0824 e. The Kier molecular flexibility index (Phi) is 6.41. The molecule has 0 aromatic heterocycles. The lowest BCUT2D eigenvalue weighted by Gasteiger charge is -2.35. The quantitative estimate of drug-likeness (QED) is 0.649. The largest absolute Gasteiger partial charge is 0.374 e. The Hall–Kier alpha value is -0.160. The second kappa shape index (κ2) is 8.10. The lowest BCUT2D eigenvalue weighted by molar-refractivity contribution is 0.00164. The van der Waals surface area contributed by atoms with Crippen molar-refractivity contribution in [1.29, 1.82) is 0 Å². The fraction of sp³-hybridized carbons (Fsp3) is 1.00. The van der Waals surface area contributed by atoms with Gasteiger partial charge < -0.3 is 15.0 Å². The van der Waals surface area contributed by atoms with Crippen molar-refractivity contribution in [3.63, 3.8) is 0 Å². The highest BCUT2D eigenvalue weighted by atomic mass is 16.5. The van der Waals surface area contributed by atoms with Gasteiger partial charge in [0.05, 0.1) is 12.7 Å². The molecule has 0 aromatic carbocycles. The summed E-state index contributed by atoms with van der Waals surface area (Å²) in [6, 6.07) is 0. The van der Waals surface area contributed by atoms with Gasteiger partial charge in [0, 0.05) is 45.8 Å². The number of unbranched alkanes of at least 4 members (excludes halogenated alkanes) is 2. The van der Waals surface area contributed by atoms with Crippen LogP contribution in [0.5, 0.6) is 0 Å². The first-order valence-electron chi connectivity index (χ1n) is 7.65. The molecule has 18 heavy (non-hydrogen) atoms. The second-order valence-corrected chi connectivity index (χ2v) is 5.54. The van der Waals surface area contributed by atoms with E-state index < -0.39 is 0 Å². The molecule has 2 heterocycles. The molecule has 0 amide bonds. The van der Waals surface area contributed by atoms with Gasteiger partial charge in [-0.1, -0.05) is 19.8 Å². The van der Waals surface area contributed by atoms with Gasteiger partial charge in [0.25, 0.3) is 0 Å². The van der Waals surface area contributed by atoms with E-state index in [9.17, 15) is 0 Å². The van der Waals surface area contributed by atoms with Crippen molar-refractivity contribution in [3.8, 4) is 0 Å². The highest BCUT2D eigenvalue weighted by Gasteiger charge is 2.19. The van der Waals surface area contributed by atoms with Gasteiger partial charge >= 0.3 is 0 Å². The predicted octanol–water partition coefficient (Wildman–Crippen LogP) is 0.783. The molecule has 106 valence electrons. The summed E-state index contributed by atoms with van der Waals surface area (Å²) in [4.78, 5) is 5.16. The standard InChI is InChI=1S/C14H29N3O/c1-2-3-4-5-16-6-8-17(9-7-16)10-11-18-14-12-15-13-14/h14-15H,2-13H2,1H3. The molecule has 0 bridgehead atoms. The Morgan fingerprint density at radius 2 is 1.67 bits per heavy atom. The van der Waals surface area contributed by atoms with Crippen molar-refractivity contribution in [2.75, 3.05) is 59.0 Å². The van der Waals surface area contributed by atoms with Crippen LogP contribution in [0.3, 0.4) is 0 Å². The van der Waals surface area contributed by atoms with E-state index in [-0.39, 0.29) is 0 Å². The lowest BCUT2D eigenvalue weighted by atomic mass is 10.2. The summed E-state index contributed by atoms with van der Waals surface area (Å²) >= 11 is 0. The summed E-state index contributed by atoms with van der Waals surface area (Å²) in [6.45, 7) is 12.6.